The summed E-state index contributed by atoms with van der Waals surface area (Å²) in [7, 11) is 0. The minimum atomic E-state index is -0.0915. The highest BCUT2D eigenvalue weighted by Gasteiger charge is 2.36. The molecule has 0 radical (unpaired) electrons. The molecule has 226 valence electrons. The fourth-order valence-corrected chi connectivity index (χ4v) is 10.1. The molecule has 0 saturated carbocycles. The fourth-order valence-electron chi connectivity index (χ4n) is 8.83. The van der Waals surface area contributed by atoms with Gasteiger partial charge in [0.1, 0.15) is 0 Å². The van der Waals surface area contributed by atoms with E-state index in [4.69, 9.17) is 0 Å². The summed E-state index contributed by atoms with van der Waals surface area (Å²) in [4.78, 5) is 0. The van der Waals surface area contributed by atoms with Crippen molar-refractivity contribution in [2.24, 2.45) is 0 Å². The quantitative estimate of drug-likeness (QED) is 0.180. The lowest BCUT2D eigenvalue weighted by molar-refractivity contribution is 0.660. The second-order valence-electron chi connectivity index (χ2n) is 13.7. The number of benzene rings is 7. The number of fused-ring (bicyclic) bond motifs is 15. The largest absolute Gasteiger partial charge is 0.307 e. The van der Waals surface area contributed by atoms with Crippen molar-refractivity contribution in [2.75, 3.05) is 0 Å². The lowest BCUT2D eigenvalue weighted by atomic mass is 9.82. The van der Waals surface area contributed by atoms with Crippen LogP contribution < -0.4 is 0 Å². The summed E-state index contributed by atoms with van der Waals surface area (Å²) in [5.74, 6) is 0. The Kier molecular flexibility index (Phi) is 5.09. The molecular weight excluding hydrogens is 601 g/mol. The molecule has 48 heavy (non-hydrogen) atoms. The number of thiophene rings is 1. The predicted molar refractivity (Wildman–Crippen MR) is 206 cm³/mol. The maximum atomic E-state index is 2.57. The number of nitrogens with zero attached hydrogens (tertiary/aromatic N) is 2. The number of rotatable bonds is 2. The van der Waals surface area contributed by atoms with Crippen LogP contribution in [0.25, 0.3) is 86.3 Å². The van der Waals surface area contributed by atoms with Gasteiger partial charge < -0.3 is 9.13 Å². The van der Waals surface area contributed by atoms with Crippen molar-refractivity contribution in [3.8, 4) is 22.5 Å². The zero-order chi connectivity index (χ0) is 31.7. The average Bonchev–Trinajstić information content (AvgIpc) is 3.84. The van der Waals surface area contributed by atoms with Crippen LogP contribution in [0.2, 0.25) is 0 Å². The second-order valence-corrected chi connectivity index (χ2v) is 14.7. The first kappa shape index (κ1) is 26.4. The molecule has 7 aromatic carbocycles. The molecule has 3 heterocycles. The number of para-hydroxylation sites is 3. The number of hydrogen-bond donors (Lipinski definition) is 0. The van der Waals surface area contributed by atoms with Crippen LogP contribution in [0.5, 0.6) is 0 Å². The van der Waals surface area contributed by atoms with Crippen LogP contribution in [0.3, 0.4) is 0 Å². The van der Waals surface area contributed by atoms with Crippen LogP contribution in [0.1, 0.15) is 25.0 Å². The van der Waals surface area contributed by atoms with Gasteiger partial charge in [0.15, 0.2) is 0 Å². The Morgan fingerprint density at radius 3 is 1.83 bits per heavy atom. The molecule has 3 aromatic heterocycles. The van der Waals surface area contributed by atoms with Gasteiger partial charge in [0.25, 0.3) is 0 Å². The van der Waals surface area contributed by atoms with E-state index in [9.17, 15) is 0 Å². The lowest BCUT2D eigenvalue weighted by Crippen LogP contribution is -2.15. The zero-order valence-electron chi connectivity index (χ0n) is 26.7. The van der Waals surface area contributed by atoms with Crippen LogP contribution in [0, 0.1) is 0 Å². The maximum absolute atomic E-state index is 2.57. The van der Waals surface area contributed by atoms with E-state index in [2.05, 4.69) is 169 Å². The molecule has 1 aliphatic rings. The van der Waals surface area contributed by atoms with Gasteiger partial charge >= 0.3 is 0 Å². The first-order valence-corrected chi connectivity index (χ1v) is 17.5. The van der Waals surface area contributed by atoms with Crippen molar-refractivity contribution in [1.82, 2.24) is 9.13 Å². The summed E-state index contributed by atoms with van der Waals surface area (Å²) in [6.45, 7) is 4.75. The van der Waals surface area contributed by atoms with Crippen LogP contribution in [0.4, 0.5) is 0 Å². The van der Waals surface area contributed by atoms with Crippen molar-refractivity contribution in [2.45, 2.75) is 19.3 Å². The van der Waals surface area contributed by atoms with Gasteiger partial charge in [-0.05, 0) is 64.7 Å². The molecule has 0 spiro atoms. The Labute approximate surface area is 281 Å². The Hall–Kier alpha value is -5.64. The van der Waals surface area contributed by atoms with Gasteiger partial charge in [-0.15, -0.1) is 11.3 Å². The van der Waals surface area contributed by atoms with Gasteiger partial charge in [-0.2, -0.15) is 0 Å². The van der Waals surface area contributed by atoms with Crippen LogP contribution in [-0.2, 0) is 5.41 Å². The van der Waals surface area contributed by atoms with Gasteiger partial charge in [0, 0.05) is 58.5 Å². The molecule has 2 nitrogen and oxygen atoms in total. The van der Waals surface area contributed by atoms with E-state index < -0.39 is 0 Å². The van der Waals surface area contributed by atoms with E-state index in [1.54, 1.807) is 0 Å². The Bertz CT molecular complexity index is 2970. The van der Waals surface area contributed by atoms with E-state index >= 15 is 0 Å². The van der Waals surface area contributed by atoms with Gasteiger partial charge in [0.2, 0.25) is 0 Å². The van der Waals surface area contributed by atoms with Crippen molar-refractivity contribution < 1.29 is 0 Å². The highest BCUT2D eigenvalue weighted by Crippen LogP contribution is 2.53. The average molecular weight is 631 g/mol. The van der Waals surface area contributed by atoms with Crippen molar-refractivity contribution in [1.29, 1.82) is 0 Å². The van der Waals surface area contributed by atoms with Gasteiger partial charge in [-0.25, -0.2) is 0 Å². The first-order chi connectivity index (χ1) is 23.6. The van der Waals surface area contributed by atoms with E-state index in [0.717, 1.165) is 0 Å². The molecule has 3 heteroatoms. The second kappa shape index (κ2) is 9.25. The number of aromatic nitrogens is 2. The molecule has 1 aliphatic carbocycles. The summed E-state index contributed by atoms with van der Waals surface area (Å²) in [5, 5.41) is 7.92. The third kappa shape index (κ3) is 3.22. The fraction of sp³-hybridized carbons (Fsp3) is 0.0667. The summed E-state index contributed by atoms with van der Waals surface area (Å²) in [5.41, 5.74) is 12.7. The monoisotopic (exact) mass is 630 g/mol. The van der Waals surface area contributed by atoms with Gasteiger partial charge in [-0.3, -0.25) is 0 Å². The highest BCUT2D eigenvalue weighted by atomic mass is 32.1. The molecule has 0 N–H and O–H groups in total. The normalized spacial score (nSPS) is 13.8. The molecule has 0 saturated heterocycles. The third-order valence-corrected chi connectivity index (χ3v) is 12.1. The molecule has 0 bridgehead atoms. The first-order valence-electron chi connectivity index (χ1n) is 16.7. The van der Waals surface area contributed by atoms with E-state index in [1.165, 1.54) is 97.4 Å². The summed E-state index contributed by atoms with van der Waals surface area (Å²) < 4.78 is 7.76. The summed E-state index contributed by atoms with van der Waals surface area (Å²) >= 11 is 1.93. The van der Waals surface area contributed by atoms with Gasteiger partial charge in [-0.1, -0.05) is 117 Å². The van der Waals surface area contributed by atoms with Crippen molar-refractivity contribution >= 4 is 75.1 Å². The zero-order valence-corrected chi connectivity index (χ0v) is 27.5. The number of hydrogen-bond acceptors (Lipinski definition) is 1. The lowest BCUT2D eigenvalue weighted by Gasteiger charge is -2.22. The van der Waals surface area contributed by atoms with Crippen LogP contribution in [0.15, 0.2) is 146 Å². The minimum Gasteiger partial charge on any atom is -0.307 e. The van der Waals surface area contributed by atoms with Crippen LogP contribution in [-0.4, -0.2) is 9.13 Å². The molecule has 11 rings (SSSR count). The van der Waals surface area contributed by atoms with E-state index in [-0.39, 0.29) is 5.41 Å². The van der Waals surface area contributed by atoms with Crippen LogP contribution >= 0.6 is 11.3 Å². The topological polar surface area (TPSA) is 9.86 Å². The highest BCUT2D eigenvalue weighted by molar-refractivity contribution is 7.27. The van der Waals surface area contributed by atoms with Gasteiger partial charge in [0.05, 0.1) is 22.1 Å². The third-order valence-electron chi connectivity index (χ3n) is 10.9. The summed E-state index contributed by atoms with van der Waals surface area (Å²) in [6, 6.07) is 54.0. The SMILES string of the molecule is CC1(C)c2ccccc2-c2ccc(-n3c4ccccc4c4c5c6ccccc6sc5c5c6ccccc6n(-c6ccccc6)c5c43)cc21. The Morgan fingerprint density at radius 1 is 0.458 bits per heavy atom. The molecule has 0 aliphatic heterocycles. The molecule has 0 amide bonds. The predicted octanol–water partition coefficient (Wildman–Crippen LogP) is 12.6. The smallest absolute Gasteiger partial charge is 0.0803 e. The molecular formula is C45H30N2S. The van der Waals surface area contributed by atoms with Crippen molar-refractivity contribution in [3.05, 3.63) is 157 Å². The Balaban J connectivity index is 1.41. The molecule has 10 aromatic rings. The molecule has 0 atom stereocenters. The van der Waals surface area contributed by atoms with E-state index in [1.807, 2.05) is 11.3 Å². The van der Waals surface area contributed by atoms with Crippen molar-refractivity contribution in [3.63, 3.8) is 0 Å². The summed E-state index contributed by atoms with van der Waals surface area (Å²) in [6.07, 6.45) is 0. The maximum Gasteiger partial charge on any atom is 0.0803 e. The Morgan fingerprint density at radius 2 is 1.04 bits per heavy atom. The standard InChI is InChI=1S/C45H30N2S/c1-45(2)34-20-10-6-16-29(34)30-25-24-28(26-35(30)45)47-36-21-11-7-17-31(36)39-40-33-19-9-13-23-38(33)48-44(40)41-32-18-8-12-22-37(32)46(43(41)42(39)47)27-14-4-3-5-15-27/h3-26H,1-2H3. The molecule has 0 fully saturated rings. The minimum absolute atomic E-state index is 0.0915. The van der Waals surface area contributed by atoms with E-state index in [0.29, 0.717) is 0 Å². The molecule has 0 unspecified atom stereocenters.